The van der Waals surface area contributed by atoms with Crippen LogP contribution in [0.15, 0.2) is 84.7 Å². The van der Waals surface area contributed by atoms with Crippen LogP contribution in [0.2, 0.25) is 5.02 Å². The second-order valence-corrected chi connectivity index (χ2v) is 11.6. The van der Waals surface area contributed by atoms with Gasteiger partial charge in [0.1, 0.15) is 17.5 Å². The molecule has 37 heavy (non-hydrogen) atoms. The van der Waals surface area contributed by atoms with Crippen LogP contribution in [0.5, 0.6) is 0 Å². The van der Waals surface area contributed by atoms with Crippen molar-refractivity contribution in [1.82, 2.24) is 14.9 Å². The van der Waals surface area contributed by atoms with Gasteiger partial charge >= 0.3 is 0 Å². The van der Waals surface area contributed by atoms with E-state index in [1.165, 1.54) is 0 Å². The van der Waals surface area contributed by atoms with Gasteiger partial charge in [-0.3, -0.25) is 4.90 Å². The highest BCUT2D eigenvalue weighted by molar-refractivity contribution is 8.00. The number of aromatic nitrogens is 2. The van der Waals surface area contributed by atoms with Crippen LogP contribution in [0.25, 0.3) is 4.91 Å². The van der Waals surface area contributed by atoms with Crippen LogP contribution in [0.1, 0.15) is 34.1 Å². The number of hydrogen-bond donors (Lipinski definition) is 1. The smallest absolute Gasteiger partial charge is 0.176 e. The minimum Gasteiger partial charge on any atom is -0.348 e. The zero-order valence-corrected chi connectivity index (χ0v) is 21.5. The first-order chi connectivity index (χ1) is 17.7. The Bertz CT molecular complexity index is 1520. The summed E-state index contributed by atoms with van der Waals surface area (Å²) < 4.78 is 53.2. The molecule has 2 heterocycles. The van der Waals surface area contributed by atoms with Crippen molar-refractivity contribution < 1.29 is 17.2 Å². The van der Waals surface area contributed by atoms with Crippen molar-refractivity contribution in [2.45, 2.75) is 12.5 Å². The van der Waals surface area contributed by atoms with Crippen LogP contribution >= 0.6 is 11.6 Å². The summed E-state index contributed by atoms with van der Waals surface area (Å²) in [5.41, 5.74) is 3.77. The maximum absolute atomic E-state index is 13.9. The second-order valence-electron chi connectivity index (χ2n) is 9.18. The second kappa shape index (κ2) is 10.2. The summed E-state index contributed by atoms with van der Waals surface area (Å²) in [5, 5.41) is 0.619. The summed E-state index contributed by atoms with van der Waals surface area (Å²) in [5.74, 6) is -0.759. The number of hydrogen-bond acceptors (Lipinski definition) is 4. The van der Waals surface area contributed by atoms with E-state index in [9.17, 15) is 17.2 Å². The van der Waals surface area contributed by atoms with E-state index in [4.69, 9.17) is 11.6 Å². The Morgan fingerprint density at radius 3 is 2.14 bits per heavy atom. The van der Waals surface area contributed by atoms with Crippen molar-refractivity contribution in [3.63, 3.8) is 0 Å². The Labute approximate surface area is 219 Å². The maximum atomic E-state index is 13.9. The summed E-state index contributed by atoms with van der Waals surface area (Å²) in [4.78, 5) is 9.49. The lowest BCUT2D eigenvalue weighted by Gasteiger charge is -2.42. The molecule has 5 rings (SSSR count). The van der Waals surface area contributed by atoms with Crippen LogP contribution in [-0.2, 0) is 16.3 Å². The Morgan fingerprint density at radius 1 is 1.00 bits per heavy atom. The SMILES string of the molecule is CS(=O)(=O)C(=C1CN(C(c2ccc(Cl)cc2)c2ccc(Cc3ncc[nH]3)cc2)C1)c1cc(F)cc(F)c1. The standard InChI is InChI=1S/C28H24ClF2N3O2S/c1-37(35,36)28(21-13-24(30)15-25(31)14-21)22-16-34(17-22)27(20-6-8-23(29)9-7-20)19-4-2-18(3-5-19)12-26-32-10-11-33-26/h2-11,13-15,27H,12,16-17H2,1H3,(H,32,33). The van der Waals surface area contributed by atoms with Gasteiger partial charge in [0, 0.05) is 49.2 Å². The Morgan fingerprint density at radius 2 is 1.59 bits per heavy atom. The number of sulfone groups is 1. The summed E-state index contributed by atoms with van der Waals surface area (Å²) in [6.07, 6.45) is 5.25. The number of rotatable bonds is 7. The van der Waals surface area contributed by atoms with Gasteiger partial charge in [0.2, 0.25) is 0 Å². The van der Waals surface area contributed by atoms with Crippen LogP contribution in [-0.4, -0.2) is 42.6 Å². The Balaban J connectivity index is 1.48. The Kier molecular flexibility index (Phi) is 6.98. The molecule has 1 aliphatic heterocycles. The highest BCUT2D eigenvalue weighted by Gasteiger charge is 2.35. The van der Waals surface area contributed by atoms with E-state index in [1.807, 2.05) is 24.3 Å². The molecule has 0 aliphatic carbocycles. The van der Waals surface area contributed by atoms with E-state index >= 15 is 0 Å². The lowest BCUT2D eigenvalue weighted by atomic mass is 9.91. The number of halogens is 3. The highest BCUT2D eigenvalue weighted by atomic mass is 35.5. The van der Waals surface area contributed by atoms with Gasteiger partial charge in [-0.25, -0.2) is 22.2 Å². The van der Waals surface area contributed by atoms with E-state index in [0.29, 0.717) is 30.1 Å². The summed E-state index contributed by atoms with van der Waals surface area (Å²) in [7, 11) is -3.73. The van der Waals surface area contributed by atoms with Crippen molar-refractivity contribution in [3.8, 4) is 0 Å². The first-order valence-electron chi connectivity index (χ1n) is 11.6. The third kappa shape index (κ3) is 5.66. The van der Waals surface area contributed by atoms with Gasteiger partial charge in [0.05, 0.1) is 10.9 Å². The quantitative estimate of drug-likeness (QED) is 0.323. The molecule has 1 aliphatic rings. The molecule has 3 aromatic carbocycles. The summed E-state index contributed by atoms with van der Waals surface area (Å²) >= 11 is 6.13. The van der Waals surface area contributed by atoms with Crippen molar-refractivity contribution >= 4 is 26.3 Å². The number of nitrogens with zero attached hydrogens (tertiary/aromatic N) is 2. The molecule has 0 bridgehead atoms. The number of likely N-dealkylation sites (tertiary alicyclic amines) is 1. The van der Waals surface area contributed by atoms with Gasteiger partial charge in [-0.1, -0.05) is 48.0 Å². The van der Waals surface area contributed by atoms with Gasteiger partial charge in [-0.05, 0) is 52.1 Å². The molecule has 0 saturated carbocycles. The average molecular weight is 540 g/mol. The molecule has 0 spiro atoms. The number of H-pyrrole nitrogens is 1. The van der Waals surface area contributed by atoms with E-state index in [0.717, 1.165) is 47.0 Å². The minimum absolute atomic E-state index is 0.0224. The maximum Gasteiger partial charge on any atom is 0.176 e. The topological polar surface area (TPSA) is 66.1 Å². The molecule has 5 nitrogen and oxygen atoms in total. The van der Waals surface area contributed by atoms with Gasteiger partial charge in [-0.15, -0.1) is 0 Å². The third-order valence-corrected chi connectivity index (χ3v) is 7.90. The van der Waals surface area contributed by atoms with E-state index in [1.54, 1.807) is 12.4 Å². The van der Waals surface area contributed by atoms with Crippen LogP contribution in [0, 0.1) is 11.6 Å². The van der Waals surface area contributed by atoms with Gasteiger partial charge in [0.25, 0.3) is 0 Å². The molecule has 1 unspecified atom stereocenters. The van der Waals surface area contributed by atoms with Crippen molar-refractivity contribution in [3.05, 3.63) is 129 Å². The van der Waals surface area contributed by atoms with Crippen LogP contribution in [0.4, 0.5) is 8.78 Å². The van der Waals surface area contributed by atoms with Gasteiger partial charge in [-0.2, -0.15) is 0 Å². The van der Waals surface area contributed by atoms with Gasteiger partial charge in [0.15, 0.2) is 9.84 Å². The van der Waals surface area contributed by atoms with Crippen LogP contribution < -0.4 is 0 Å². The largest absolute Gasteiger partial charge is 0.348 e. The molecule has 1 atom stereocenters. The van der Waals surface area contributed by atoms with Gasteiger partial charge < -0.3 is 4.98 Å². The van der Waals surface area contributed by atoms with Crippen LogP contribution in [0.3, 0.4) is 0 Å². The average Bonchev–Trinajstić information content (AvgIpc) is 3.31. The number of aromatic amines is 1. The third-order valence-electron chi connectivity index (χ3n) is 6.38. The lowest BCUT2D eigenvalue weighted by Crippen LogP contribution is -2.44. The zero-order valence-electron chi connectivity index (χ0n) is 20.0. The normalized spacial score (nSPS) is 14.9. The van der Waals surface area contributed by atoms with E-state index in [2.05, 4.69) is 39.1 Å². The molecule has 4 aromatic rings. The molecule has 1 fully saturated rings. The summed E-state index contributed by atoms with van der Waals surface area (Å²) in [6.45, 7) is 0.671. The fourth-order valence-electron chi connectivity index (χ4n) is 4.80. The van der Waals surface area contributed by atoms with Crippen molar-refractivity contribution in [2.24, 2.45) is 0 Å². The number of nitrogens with one attached hydrogen (secondary N) is 1. The molecule has 9 heteroatoms. The van der Waals surface area contributed by atoms with E-state index in [-0.39, 0.29) is 16.5 Å². The molecule has 0 radical (unpaired) electrons. The molecule has 190 valence electrons. The molecule has 1 N–H and O–H groups in total. The van der Waals surface area contributed by atoms with Crippen molar-refractivity contribution in [1.29, 1.82) is 0 Å². The first kappa shape index (κ1) is 25.3. The predicted molar refractivity (Wildman–Crippen MR) is 141 cm³/mol. The van der Waals surface area contributed by atoms with Crippen molar-refractivity contribution in [2.75, 3.05) is 19.3 Å². The monoisotopic (exact) mass is 539 g/mol. The van der Waals surface area contributed by atoms with E-state index < -0.39 is 21.5 Å². The summed E-state index contributed by atoms with van der Waals surface area (Å²) in [6, 6.07) is 18.4. The number of benzene rings is 3. The number of imidazole rings is 1. The lowest BCUT2D eigenvalue weighted by molar-refractivity contribution is 0.203. The molecule has 1 saturated heterocycles. The molecular weight excluding hydrogens is 516 g/mol. The zero-order chi connectivity index (χ0) is 26.2. The molecule has 0 amide bonds. The first-order valence-corrected chi connectivity index (χ1v) is 13.9. The molecule has 1 aromatic heterocycles. The highest BCUT2D eigenvalue weighted by Crippen LogP contribution is 2.38. The fraction of sp³-hybridized carbons (Fsp3) is 0.179. The Hall–Kier alpha value is -3.33. The minimum atomic E-state index is -3.73. The fourth-order valence-corrected chi connectivity index (χ4v) is 6.13. The molecular formula is C28H24ClF2N3O2S. The predicted octanol–water partition coefficient (Wildman–Crippen LogP) is 5.79.